The summed E-state index contributed by atoms with van der Waals surface area (Å²) in [6, 6.07) is 2.96. The third kappa shape index (κ3) is 4.46. The van der Waals surface area contributed by atoms with E-state index in [4.69, 9.17) is 9.84 Å². The molecule has 0 unspecified atom stereocenters. The summed E-state index contributed by atoms with van der Waals surface area (Å²) in [7, 11) is 0. The Kier molecular flexibility index (Phi) is 5.61. The molecule has 0 radical (unpaired) electrons. The maximum Gasteiger partial charge on any atom is 0.416 e. The largest absolute Gasteiger partial charge is 0.478 e. The lowest BCUT2D eigenvalue weighted by molar-refractivity contribution is -0.137. The van der Waals surface area contributed by atoms with Crippen molar-refractivity contribution in [3.8, 4) is 17.0 Å². The van der Waals surface area contributed by atoms with Gasteiger partial charge in [-0.2, -0.15) is 13.2 Å². The van der Waals surface area contributed by atoms with E-state index in [-0.39, 0.29) is 23.6 Å². The second kappa shape index (κ2) is 7.50. The Morgan fingerprint density at radius 2 is 1.96 bits per heavy atom. The monoisotopic (exact) mass is 357 g/mol. The van der Waals surface area contributed by atoms with Crippen LogP contribution in [-0.4, -0.2) is 22.7 Å². The van der Waals surface area contributed by atoms with Crippen molar-refractivity contribution in [1.29, 1.82) is 0 Å². The van der Waals surface area contributed by atoms with Gasteiger partial charge in [-0.1, -0.05) is 13.3 Å². The van der Waals surface area contributed by atoms with E-state index >= 15 is 0 Å². The highest BCUT2D eigenvalue weighted by Gasteiger charge is 2.31. The topological polar surface area (TPSA) is 59.4 Å². The molecule has 0 bridgehead atoms. The summed E-state index contributed by atoms with van der Waals surface area (Å²) in [6.07, 6.45) is -2.19. The van der Waals surface area contributed by atoms with Gasteiger partial charge in [-0.05, 0) is 30.7 Å². The second-order valence-electron chi connectivity index (χ2n) is 5.28. The fourth-order valence-electron chi connectivity index (χ4n) is 2.10. The van der Waals surface area contributed by atoms with Crippen LogP contribution in [0.5, 0.6) is 5.88 Å². The van der Waals surface area contributed by atoms with Gasteiger partial charge >= 0.3 is 12.1 Å². The van der Waals surface area contributed by atoms with Crippen molar-refractivity contribution in [3.63, 3.8) is 0 Å². The van der Waals surface area contributed by atoms with Crippen molar-refractivity contribution in [1.82, 2.24) is 4.98 Å². The molecule has 1 N–H and O–H groups in total. The molecule has 1 heterocycles. The average Bonchev–Trinajstić information content (AvgIpc) is 2.54. The molecule has 4 nitrogen and oxygen atoms in total. The maximum absolute atomic E-state index is 14.1. The summed E-state index contributed by atoms with van der Waals surface area (Å²) in [5.41, 5.74) is -1.89. The van der Waals surface area contributed by atoms with Crippen molar-refractivity contribution in [2.24, 2.45) is 0 Å². The molecular formula is C17H15F4NO3. The molecule has 2 rings (SSSR count). The molecule has 134 valence electrons. The van der Waals surface area contributed by atoms with Gasteiger partial charge < -0.3 is 9.84 Å². The van der Waals surface area contributed by atoms with Crippen molar-refractivity contribution >= 4 is 5.97 Å². The molecular weight excluding hydrogens is 342 g/mol. The van der Waals surface area contributed by atoms with Crippen molar-refractivity contribution in [3.05, 3.63) is 47.4 Å². The molecule has 1 aromatic heterocycles. The van der Waals surface area contributed by atoms with Crippen LogP contribution in [0.15, 0.2) is 30.5 Å². The summed E-state index contributed by atoms with van der Waals surface area (Å²) in [5.74, 6) is -2.38. The lowest BCUT2D eigenvalue weighted by Crippen LogP contribution is -2.07. The van der Waals surface area contributed by atoms with E-state index in [9.17, 15) is 22.4 Å². The molecule has 0 aliphatic carbocycles. The van der Waals surface area contributed by atoms with Gasteiger partial charge in [0.05, 0.1) is 17.7 Å². The normalized spacial score (nSPS) is 11.4. The van der Waals surface area contributed by atoms with Crippen LogP contribution >= 0.6 is 0 Å². The molecule has 25 heavy (non-hydrogen) atoms. The highest BCUT2D eigenvalue weighted by Crippen LogP contribution is 2.36. The summed E-state index contributed by atoms with van der Waals surface area (Å²) in [5, 5.41) is 9.06. The van der Waals surface area contributed by atoms with E-state index in [0.717, 1.165) is 18.7 Å². The number of aromatic nitrogens is 1. The van der Waals surface area contributed by atoms with Crippen molar-refractivity contribution in [2.45, 2.75) is 25.9 Å². The number of rotatable bonds is 6. The third-order valence-corrected chi connectivity index (χ3v) is 3.42. The Morgan fingerprint density at radius 3 is 2.56 bits per heavy atom. The zero-order valence-corrected chi connectivity index (χ0v) is 13.2. The van der Waals surface area contributed by atoms with Gasteiger partial charge in [0.15, 0.2) is 0 Å². The van der Waals surface area contributed by atoms with Crippen LogP contribution in [0, 0.1) is 5.82 Å². The number of ether oxygens (including phenoxy) is 1. The number of nitrogens with zero attached hydrogens (tertiary/aromatic N) is 1. The van der Waals surface area contributed by atoms with Gasteiger partial charge in [0.2, 0.25) is 5.88 Å². The Balaban J connectivity index is 2.58. The first kappa shape index (κ1) is 18.7. The van der Waals surface area contributed by atoms with E-state index in [1.165, 1.54) is 0 Å². The van der Waals surface area contributed by atoms with Crippen LogP contribution < -0.4 is 4.74 Å². The SMILES string of the molecule is CCCCOc1ncc(C(=O)O)cc1-c1cc(C(F)(F)F)ccc1F. The molecule has 0 fully saturated rings. The number of carbonyl (C=O) groups is 1. The lowest BCUT2D eigenvalue weighted by atomic mass is 10.0. The summed E-state index contributed by atoms with van der Waals surface area (Å²) in [4.78, 5) is 14.9. The molecule has 0 saturated heterocycles. The van der Waals surface area contributed by atoms with E-state index in [1.807, 2.05) is 6.92 Å². The number of unbranched alkanes of at least 4 members (excludes halogenated alkanes) is 1. The smallest absolute Gasteiger partial charge is 0.416 e. The Hall–Kier alpha value is -2.64. The predicted octanol–water partition coefficient (Wildman–Crippen LogP) is 4.78. The molecule has 0 saturated carbocycles. The molecule has 0 spiro atoms. The maximum atomic E-state index is 14.1. The third-order valence-electron chi connectivity index (χ3n) is 3.42. The van der Waals surface area contributed by atoms with Gasteiger partial charge in [-0.15, -0.1) is 0 Å². The van der Waals surface area contributed by atoms with Crippen LogP contribution in [0.3, 0.4) is 0 Å². The van der Waals surface area contributed by atoms with Crippen LogP contribution in [0.2, 0.25) is 0 Å². The van der Waals surface area contributed by atoms with E-state index in [2.05, 4.69) is 4.98 Å². The predicted molar refractivity (Wildman–Crippen MR) is 82.0 cm³/mol. The minimum atomic E-state index is -4.66. The molecule has 0 aliphatic rings. The van der Waals surface area contributed by atoms with Gasteiger partial charge in [0, 0.05) is 17.3 Å². The molecule has 0 amide bonds. The van der Waals surface area contributed by atoms with Crippen LogP contribution in [0.1, 0.15) is 35.7 Å². The lowest BCUT2D eigenvalue weighted by Gasteiger charge is -2.14. The number of hydrogen-bond acceptors (Lipinski definition) is 3. The fraction of sp³-hybridized carbons (Fsp3) is 0.294. The minimum Gasteiger partial charge on any atom is -0.478 e. The van der Waals surface area contributed by atoms with Crippen molar-refractivity contribution in [2.75, 3.05) is 6.61 Å². The number of carboxylic acid groups (broad SMARTS) is 1. The van der Waals surface area contributed by atoms with Crippen LogP contribution in [-0.2, 0) is 6.18 Å². The molecule has 1 aromatic carbocycles. The van der Waals surface area contributed by atoms with Crippen molar-refractivity contribution < 1.29 is 32.2 Å². The first-order valence-electron chi connectivity index (χ1n) is 7.47. The first-order chi connectivity index (χ1) is 11.7. The van der Waals surface area contributed by atoms with E-state index in [1.54, 1.807) is 0 Å². The average molecular weight is 357 g/mol. The molecule has 0 atom stereocenters. The van der Waals surface area contributed by atoms with Gasteiger partial charge in [-0.25, -0.2) is 14.2 Å². The number of halogens is 4. The standard InChI is InChI=1S/C17H15F4NO3/c1-2-3-6-25-15-13(7-10(9-22-15)16(23)24)12-8-11(17(19,20)21)4-5-14(12)18/h4-5,7-9H,2-3,6H2,1H3,(H,23,24). The van der Waals surface area contributed by atoms with Crippen LogP contribution in [0.25, 0.3) is 11.1 Å². The Morgan fingerprint density at radius 1 is 1.24 bits per heavy atom. The highest BCUT2D eigenvalue weighted by atomic mass is 19.4. The summed E-state index contributed by atoms with van der Waals surface area (Å²) in [6.45, 7) is 2.14. The second-order valence-corrected chi connectivity index (χ2v) is 5.28. The number of alkyl halides is 3. The van der Waals surface area contributed by atoms with E-state index in [0.29, 0.717) is 24.6 Å². The zero-order valence-electron chi connectivity index (χ0n) is 13.2. The van der Waals surface area contributed by atoms with Gasteiger partial charge in [0.25, 0.3) is 0 Å². The van der Waals surface area contributed by atoms with Gasteiger partial charge in [-0.3, -0.25) is 0 Å². The van der Waals surface area contributed by atoms with E-state index < -0.39 is 29.1 Å². The summed E-state index contributed by atoms with van der Waals surface area (Å²) >= 11 is 0. The number of hydrogen-bond donors (Lipinski definition) is 1. The Bertz CT molecular complexity index is 775. The van der Waals surface area contributed by atoms with Gasteiger partial charge in [0.1, 0.15) is 5.82 Å². The number of pyridine rings is 1. The quantitative estimate of drug-likeness (QED) is 0.597. The fourth-order valence-corrected chi connectivity index (χ4v) is 2.10. The molecule has 2 aromatic rings. The number of aromatic carboxylic acids is 1. The molecule has 8 heteroatoms. The first-order valence-corrected chi connectivity index (χ1v) is 7.47. The molecule has 0 aliphatic heterocycles. The number of benzene rings is 1. The van der Waals surface area contributed by atoms with Crippen LogP contribution in [0.4, 0.5) is 17.6 Å². The Labute approximate surface area is 141 Å². The summed E-state index contributed by atoms with van der Waals surface area (Å²) < 4.78 is 58.3. The zero-order chi connectivity index (χ0) is 18.6. The highest BCUT2D eigenvalue weighted by molar-refractivity contribution is 5.89. The number of carboxylic acids is 1. The minimum absolute atomic E-state index is 0.114.